The summed E-state index contributed by atoms with van der Waals surface area (Å²) in [5.41, 5.74) is 2.37. The maximum Gasteiger partial charge on any atom is 0.322 e. The Labute approximate surface area is 111 Å². The fourth-order valence-corrected chi connectivity index (χ4v) is 2.70. The second kappa shape index (κ2) is 5.89. The monoisotopic (exact) mass is 285 g/mol. The molecular formula is C8H11N7OS2. The lowest BCUT2D eigenvalue weighted by molar-refractivity contribution is 0.308. The number of nitrogens with two attached hydrogens (primary N) is 1. The number of nitrogens with one attached hydrogen (secondary N) is 1. The molecule has 3 N–H and O–H groups in total. The summed E-state index contributed by atoms with van der Waals surface area (Å²) in [4.78, 5) is 12.2. The Hall–Kier alpha value is -1.52. The normalized spacial score (nSPS) is 10.4. The van der Waals surface area contributed by atoms with Gasteiger partial charge in [0.1, 0.15) is 5.01 Å². The molecule has 18 heavy (non-hydrogen) atoms. The zero-order valence-electron chi connectivity index (χ0n) is 9.75. The zero-order valence-corrected chi connectivity index (χ0v) is 11.4. The summed E-state index contributed by atoms with van der Waals surface area (Å²) in [7, 11) is 0. The van der Waals surface area contributed by atoms with Gasteiger partial charge in [0, 0.05) is 0 Å². The number of rotatable bonds is 5. The van der Waals surface area contributed by atoms with Crippen molar-refractivity contribution >= 4 is 29.0 Å². The van der Waals surface area contributed by atoms with E-state index in [1.165, 1.54) is 23.1 Å². The summed E-state index contributed by atoms with van der Waals surface area (Å²) < 4.78 is 5.98. The third kappa shape index (κ3) is 3.24. The van der Waals surface area contributed by atoms with Gasteiger partial charge in [0.25, 0.3) is 0 Å². The predicted octanol–water partition coefficient (Wildman–Crippen LogP) is 0.867. The minimum absolute atomic E-state index is 0.226. The molecule has 0 saturated heterocycles. The summed E-state index contributed by atoms with van der Waals surface area (Å²) in [5.74, 6) is 5.54. The van der Waals surface area contributed by atoms with E-state index in [0.717, 1.165) is 9.35 Å². The molecule has 10 heteroatoms. The molecule has 0 unspecified atom stereocenters. The van der Waals surface area contributed by atoms with E-state index in [9.17, 15) is 0 Å². The Bertz CT molecular complexity index is 532. The van der Waals surface area contributed by atoms with Crippen molar-refractivity contribution in [3.05, 3.63) is 5.01 Å². The van der Waals surface area contributed by atoms with Crippen LogP contribution in [0.15, 0.2) is 9.50 Å². The van der Waals surface area contributed by atoms with E-state index in [-0.39, 0.29) is 12.0 Å². The second-order valence-electron chi connectivity index (χ2n) is 2.99. The van der Waals surface area contributed by atoms with E-state index < -0.39 is 0 Å². The molecule has 2 rings (SSSR count). The quantitative estimate of drug-likeness (QED) is 0.610. The largest absolute Gasteiger partial charge is 0.464 e. The van der Waals surface area contributed by atoms with Crippen molar-refractivity contribution < 1.29 is 4.74 Å². The molecule has 0 amide bonds. The van der Waals surface area contributed by atoms with Gasteiger partial charge in [-0.3, -0.25) is 5.43 Å². The third-order valence-corrected chi connectivity index (χ3v) is 3.44. The van der Waals surface area contributed by atoms with Gasteiger partial charge < -0.3 is 4.74 Å². The Morgan fingerprint density at radius 3 is 2.78 bits per heavy atom. The number of ether oxygens (including phenoxy) is 1. The fraction of sp³-hybridized carbons (Fsp3) is 0.375. The molecule has 2 heterocycles. The van der Waals surface area contributed by atoms with Crippen LogP contribution in [0.25, 0.3) is 0 Å². The number of hydrogen-bond acceptors (Lipinski definition) is 10. The first kappa shape index (κ1) is 12.9. The molecule has 0 spiro atoms. The van der Waals surface area contributed by atoms with Gasteiger partial charge in [-0.15, -0.1) is 10.2 Å². The molecule has 0 aliphatic carbocycles. The van der Waals surface area contributed by atoms with Gasteiger partial charge in [0.05, 0.1) is 6.61 Å². The van der Waals surface area contributed by atoms with Crippen LogP contribution in [0.3, 0.4) is 0 Å². The molecule has 96 valence electrons. The Balaban J connectivity index is 2.23. The predicted molar refractivity (Wildman–Crippen MR) is 67.6 cm³/mol. The van der Waals surface area contributed by atoms with E-state index >= 15 is 0 Å². The third-order valence-electron chi connectivity index (χ3n) is 1.68. The molecule has 8 nitrogen and oxygen atoms in total. The van der Waals surface area contributed by atoms with Crippen LogP contribution in [0.4, 0.5) is 5.95 Å². The van der Waals surface area contributed by atoms with Gasteiger partial charge >= 0.3 is 6.01 Å². The minimum atomic E-state index is 0.226. The van der Waals surface area contributed by atoms with Crippen molar-refractivity contribution in [2.75, 3.05) is 12.0 Å². The Morgan fingerprint density at radius 1 is 1.33 bits per heavy atom. The summed E-state index contributed by atoms with van der Waals surface area (Å²) in [6.45, 7) is 4.20. The van der Waals surface area contributed by atoms with Crippen LogP contribution in [0.1, 0.15) is 11.9 Å². The highest BCUT2D eigenvalue weighted by molar-refractivity contribution is 8.00. The van der Waals surface area contributed by atoms with Crippen LogP contribution in [0, 0.1) is 6.92 Å². The van der Waals surface area contributed by atoms with Gasteiger partial charge in [-0.1, -0.05) is 11.3 Å². The number of aryl methyl sites for hydroxylation is 1. The standard InChI is InChI=1S/C8H11N7OS2/c1-3-16-6-10-5(13-9)11-7(12-6)18-8-15-14-4(2)17-8/h3,9H2,1-2H3,(H,10,11,12,13). The van der Waals surface area contributed by atoms with Gasteiger partial charge in [0.2, 0.25) is 11.1 Å². The summed E-state index contributed by atoms with van der Waals surface area (Å²) in [6.07, 6.45) is 0. The van der Waals surface area contributed by atoms with Crippen molar-refractivity contribution in [2.45, 2.75) is 23.3 Å². The summed E-state index contributed by atoms with van der Waals surface area (Å²) >= 11 is 2.75. The van der Waals surface area contributed by atoms with Crippen molar-refractivity contribution in [2.24, 2.45) is 5.84 Å². The molecule has 0 bridgehead atoms. The molecule has 0 fully saturated rings. The van der Waals surface area contributed by atoms with Crippen molar-refractivity contribution in [3.63, 3.8) is 0 Å². The maximum atomic E-state index is 5.29. The molecular weight excluding hydrogens is 274 g/mol. The number of nitrogen functional groups attached to an aromatic ring is 1. The molecule has 0 atom stereocenters. The number of hydrazine groups is 1. The highest BCUT2D eigenvalue weighted by Crippen LogP contribution is 2.28. The molecule has 2 aromatic heterocycles. The van der Waals surface area contributed by atoms with E-state index in [0.29, 0.717) is 11.8 Å². The van der Waals surface area contributed by atoms with E-state index in [4.69, 9.17) is 10.6 Å². The van der Waals surface area contributed by atoms with Crippen molar-refractivity contribution in [1.29, 1.82) is 0 Å². The van der Waals surface area contributed by atoms with Crippen LogP contribution in [-0.4, -0.2) is 31.8 Å². The Kier molecular flexibility index (Phi) is 4.23. The van der Waals surface area contributed by atoms with Crippen LogP contribution in [0.5, 0.6) is 6.01 Å². The molecule has 0 aliphatic rings. The first-order valence-electron chi connectivity index (χ1n) is 5.04. The lowest BCUT2D eigenvalue weighted by Gasteiger charge is -2.04. The summed E-state index contributed by atoms with van der Waals surface area (Å²) in [6, 6.07) is 0.226. The first-order valence-corrected chi connectivity index (χ1v) is 6.68. The highest BCUT2D eigenvalue weighted by Gasteiger charge is 2.10. The Morgan fingerprint density at radius 2 is 2.17 bits per heavy atom. The van der Waals surface area contributed by atoms with Crippen molar-refractivity contribution in [3.8, 4) is 6.01 Å². The lowest BCUT2D eigenvalue weighted by Crippen LogP contribution is -2.12. The van der Waals surface area contributed by atoms with Crippen LogP contribution in [0.2, 0.25) is 0 Å². The van der Waals surface area contributed by atoms with E-state index in [2.05, 4.69) is 30.6 Å². The smallest absolute Gasteiger partial charge is 0.322 e. The van der Waals surface area contributed by atoms with Gasteiger partial charge in [0.15, 0.2) is 4.34 Å². The average molecular weight is 285 g/mol. The van der Waals surface area contributed by atoms with Gasteiger partial charge in [-0.2, -0.15) is 15.0 Å². The summed E-state index contributed by atoms with van der Waals surface area (Å²) in [5, 5.41) is 9.24. The molecule has 2 aromatic rings. The van der Waals surface area contributed by atoms with Gasteiger partial charge in [-0.25, -0.2) is 5.84 Å². The molecule has 0 radical (unpaired) electrons. The van der Waals surface area contributed by atoms with E-state index in [1.54, 1.807) is 0 Å². The van der Waals surface area contributed by atoms with E-state index in [1.807, 2.05) is 13.8 Å². The molecule has 0 aliphatic heterocycles. The average Bonchev–Trinajstić information content (AvgIpc) is 2.75. The molecule has 0 aromatic carbocycles. The number of anilines is 1. The topological polar surface area (TPSA) is 112 Å². The van der Waals surface area contributed by atoms with Gasteiger partial charge in [-0.05, 0) is 25.6 Å². The SMILES string of the molecule is CCOc1nc(NN)nc(Sc2nnc(C)s2)n1. The zero-order chi connectivity index (χ0) is 13.0. The number of nitrogens with zero attached hydrogens (tertiary/aromatic N) is 5. The van der Waals surface area contributed by atoms with Crippen LogP contribution in [-0.2, 0) is 0 Å². The van der Waals surface area contributed by atoms with Crippen LogP contribution >= 0.6 is 23.1 Å². The van der Waals surface area contributed by atoms with Crippen LogP contribution < -0.4 is 16.0 Å². The number of aromatic nitrogens is 5. The highest BCUT2D eigenvalue weighted by atomic mass is 32.2. The number of hydrogen-bond donors (Lipinski definition) is 2. The second-order valence-corrected chi connectivity index (χ2v) is 5.39. The lowest BCUT2D eigenvalue weighted by atomic mass is 10.8. The fourth-order valence-electron chi connectivity index (χ4n) is 1.04. The first-order chi connectivity index (χ1) is 8.71. The maximum absolute atomic E-state index is 5.29. The minimum Gasteiger partial charge on any atom is -0.464 e. The molecule has 0 saturated carbocycles. The van der Waals surface area contributed by atoms with Crippen molar-refractivity contribution in [1.82, 2.24) is 25.1 Å².